The summed E-state index contributed by atoms with van der Waals surface area (Å²) < 4.78 is 16.9. The van der Waals surface area contributed by atoms with Gasteiger partial charge in [0, 0.05) is 19.3 Å². The second-order valence-electron chi connectivity index (χ2n) is 22.0. The van der Waals surface area contributed by atoms with Crippen molar-refractivity contribution in [3.05, 3.63) is 109 Å². The molecule has 1 unspecified atom stereocenters. The van der Waals surface area contributed by atoms with Gasteiger partial charge in [-0.15, -0.1) is 0 Å². The second-order valence-corrected chi connectivity index (χ2v) is 22.0. The zero-order valence-electron chi connectivity index (χ0n) is 51.9. The Morgan fingerprint density at radius 3 is 0.810 bits per heavy atom. The highest BCUT2D eigenvalue weighted by Gasteiger charge is 2.19. The highest BCUT2D eigenvalue weighted by Crippen LogP contribution is 2.17. The third-order valence-corrected chi connectivity index (χ3v) is 14.2. The van der Waals surface area contributed by atoms with Crippen molar-refractivity contribution in [3.63, 3.8) is 0 Å². The van der Waals surface area contributed by atoms with E-state index in [1.54, 1.807) is 0 Å². The van der Waals surface area contributed by atoms with Gasteiger partial charge in [0.1, 0.15) is 13.2 Å². The molecule has 79 heavy (non-hydrogen) atoms. The van der Waals surface area contributed by atoms with E-state index in [-0.39, 0.29) is 37.5 Å². The monoisotopic (exact) mass is 1100 g/mol. The Labute approximate surface area is 489 Å². The van der Waals surface area contributed by atoms with Gasteiger partial charge in [0.05, 0.1) is 0 Å². The molecule has 0 fully saturated rings. The van der Waals surface area contributed by atoms with Crippen LogP contribution in [-0.4, -0.2) is 37.2 Å². The van der Waals surface area contributed by atoms with Crippen LogP contribution in [0.3, 0.4) is 0 Å². The zero-order valence-corrected chi connectivity index (χ0v) is 51.9. The smallest absolute Gasteiger partial charge is 0.306 e. The van der Waals surface area contributed by atoms with Crippen molar-refractivity contribution in [2.75, 3.05) is 13.2 Å². The maximum atomic E-state index is 12.9. The summed E-state index contributed by atoms with van der Waals surface area (Å²) in [5.41, 5.74) is 0. The first-order valence-corrected chi connectivity index (χ1v) is 33.4. The molecule has 0 saturated heterocycles. The molecule has 0 aliphatic carbocycles. The van der Waals surface area contributed by atoms with Gasteiger partial charge in [-0.25, -0.2) is 0 Å². The largest absolute Gasteiger partial charge is 0.462 e. The van der Waals surface area contributed by atoms with Crippen LogP contribution in [0, 0.1) is 0 Å². The number of carbonyl (C=O) groups is 3. The third-order valence-electron chi connectivity index (χ3n) is 14.2. The minimum atomic E-state index is -0.804. The highest BCUT2D eigenvalue weighted by atomic mass is 16.6. The lowest BCUT2D eigenvalue weighted by Crippen LogP contribution is -2.30. The first-order valence-electron chi connectivity index (χ1n) is 33.4. The van der Waals surface area contributed by atoms with Crippen molar-refractivity contribution in [1.29, 1.82) is 0 Å². The number of allylic oxidation sites excluding steroid dienone is 18. The van der Waals surface area contributed by atoms with Crippen molar-refractivity contribution in [2.24, 2.45) is 0 Å². The predicted octanol–water partition coefficient (Wildman–Crippen LogP) is 23.0. The topological polar surface area (TPSA) is 78.9 Å². The van der Waals surface area contributed by atoms with Crippen LogP contribution >= 0.6 is 0 Å². The van der Waals surface area contributed by atoms with E-state index in [1.165, 1.54) is 161 Å². The number of unbranched alkanes of at least 4 members (excludes halogenated alkanes) is 31. The van der Waals surface area contributed by atoms with Crippen LogP contribution in [0.15, 0.2) is 109 Å². The molecule has 0 aromatic heterocycles. The summed E-state index contributed by atoms with van der Waals surface area (Å²) in [5.74, 6) is -0.936. The molecule has 0 aromatic carbocycles. The molecule has 6 nitrogen and oxygen atoms in total. The minimum Gasteiger partial charge on any atom is -0.462 e. The van der Waals surface area contributed by atoms with Gasteiger partial charge < -0.3 is 14.2 Å². The van der Waals surface area contributed by atoms with Crippen LogP contribution in [-0.2, 0) is 28.6 Å². The van der Waals surface area contributed by atoms with E-state index in [1.807, 2.05) is 0 Å². The summed E-state index contributed by atoms with van der Waals surface area (Å²) in [4.78, 5) is 38.3. The molecule has 1 atom stereocenters. The minimum absolute atomic E-state index is 0.0954. The molecule has 452 valence electrons. The molecule has 0 heterocycles. The van der Waals surface area contributed by atoms with E-state index in [2.05, 4.69) is 130 Å². The molecule has 6 heteroatoms. The van der Waals surface area contributed by atoms with Crippen molar-refractivity contribution in [3.8, 4) is 0 Å². The van der Waals surface area contributed by atoms with Gasteiger partial charge in [0.15, 0.2) is 6.10 Å². The summed E-state index contributed by atoms with van der Waals surface area (Å²) in [6.07, 6.45) is 91.2. The van der Waals surface area contributed by atoms with Crippen LogP contribution in [0.1, 0.15) is 316 Å². The first-order chi connectivity index (χ1) is 39.0. The number of hydrogen-bond acceptors (Lipinski definition) is 6. The fourth-order valence-electron chi connectivity index (χ4n) is 9.30. The van der Waals surface area contributed by atoms with Crippen LogP contribution in [0.5, 0.6) is 0 Å². The molecule has 0 amide bonds. The number of hydrogen-bond donors (Lipinski definition) is 0. The molecule has 0 rings (SSSR count). The molecule has 0 bridgehead atoms. The number of carbonyl (C=O) groups excluding carboxylic acids is 3. The zero-order chi connectivity index (χ0) is 57.1. The lowest BCUT2D eigenvalue weighted by Gasteiger charge is -2.18. The van der Waals surface area contributed by atoms with E-state index >= 15 is 0 Å². The predicted molar refractivity (Wildman–Crippen MR) is 343 cm³/mol. The Balaban J connectivity index is 4.23. The number of esters is 3. The Morgan fingerprint density at radius 1 is 0.266 bits per heavy atom. The summed E-state index contributed by atoms with van der Waals surface area (Å²) in [6, 6.07) is 0. The maximum Gasteiger partial charge on any atom is 0.306 e. The Morgan fingerprint density at radius 2 is 0.494 bits per heavy atom. The van der Waals surface area contributed by atoms with Crippen molar-refractivity contribution in [1.82, 2.24) is 0 Å². The van der Waals surface area contributed by atoms with Gasteiger partial charge in [-0.1, -0.05) is 284 Å². The van der Waals surface area contributed by atoms with Gasteiger partial charge in [0.2, 0.25) is 0 Å². The van der Waals surface area contributed by atoms with Gasteiger partial charge >= 0.3 is 17.9 Å². The number of rotatable bonds is 60. The summed E-state index contributed by atoms with van der Waals surface area (Å²) in [7, 11) is 0. The maximum absolute atomic E-state index is 12.9. The van der Waals surface area contributed by atoms with Gasteiger partial charge in [-0.2, -0.15) is 0 Å². The Bertz CT molecular complexity index is 1590. The van der Waals surface area contributed by atoms with Crippen LogP contribution in [0.2, 0.25) is 0 Å². The molecular formula is C73H124O6. The molecule has 0 aliphatic rings. The van der Waals surface area contributed by atoms with Gasteiger partial charge in [-0.05, 0) is 122 Å². The average Bonchev–Trinajstić information content (AvgIpc) is 3.45. The van der Waals surface area contributed by atoms with Crippen LogP contribution in [0.4, 0.5) is 0 Å². The van der Waals surface area contributed by atoms with E-state index in [9.17, 15) is 14.4 Å². The first kappa shape index (κ1) is 75.1. The van der Waals surface area contributed by atoms with E-state index in [0.29, 0.717) is 19.3 Å². The van der Waals surface area contributed by atoms with Crippen molar-refractivity contribution in [2.45, 2.75) is 322 Å². The Hall–Kier alpha value is -3.93. The second kappa shape index (κ2) is 66.6. The molecule has 0 aromatic rings. The molecule has 0 spiro atoms. The number of ether oxygens (including phenoxy) is 3. The summed E-state index contributed by atoms with van der Waals surface area (Å²) in [6.45, 7) is 6.39. The van der Waals surface area contributed by atoms with E-state index < -0.39 is 6.10 Å². The van der Waals surface area contributed by atoms with Crippen molar-refractivity contribution >= 4 is 17.9 Å². The van der Waals surface area contributed by atoms with Crippen molar-refractivity contribution < 1.29 is 28.6 Å². The molecule has 0 radical (unpaired) electrons. The fraction of sp³-hybridized carbons (Fsp3) is 0.712. The standard InChI is InChI=1S/C73H124O6/c1-4-7-10-13-16-19-22-25-28-29-30-31-32-33-34-35-36-37-38-39-40-41-42-43-46-48-51-54-57-60-63-66-72(75)78-69-70(79-73(76)67-64-61-58-55-52-49-45-27-24-21-18-15-12-9-6-3)68-77-71(74)65-62-59-56-53-50-47-44-26-23-20-17-14-11-8-5-2/h7,9-10,12,16,18-19,21,25-28,30-31,44-45,52,55,70H,4-6,8,11,13-15,17,20,22-24,29,32-43,46-51,53-54,56-69H2,1-3H3/b10-7-,12-9-,19-16-,21-18-,28-25-,31-30-,44-26-,45-27-,55-52-. The summed E-state index contributed by atoms with van der Waals surface area (Å²) in [5, 5.41) is 0. The fourth-order valence-corrected chi connectivity index (χ4v) is 9.30. The SMILES string of the molecule is CC/C=C\C/C=C\C/C=C\C/C=C\CCCCCCCCCCCCCCCCCCCCC(=O)OCC(COC(=O)CCCCCCC/C=C\CCCCCCCC)OC(=O)CCCC/C=C\C/C=C\C/C=C\C/C=C\CC. The van der Waals surface area contributed by atoms with Gasteiger partial charge in [-0.3, -0.25) is 14.4 Å². The Kier molecular flexibility index (Phi) is 63.3. The van der Waals surface area contributed by atoms with E-state index in [0.717, 1.165) is 109 Å². The van der Waals surface area contributed by atoms with Crippen LogP contribution < -0.4 is 0 Å². The molecule has 0 saturated carbocycles. The molecule has 0 aliphatic heterocycles. The molecular weight excluding hydrogens is 973 g/mol. The lowest BCUT2D eigenvalue weighted by molar-refractivity contribution is -0.167. The highest BCUT2D eigenvalue weighted by molar-refractivity contribution is 5.71. The third kappa shape index (κ3) is 64.8. The normalized spacial score (nSPS) is 12.8. The quantitative estimate of drug-likeness (QED) is 0.0261. The van der Waals surface area contributed by atoms with Gasteiger partial charge in [0.25, 0.3) is 0 Å². The molecule has 0 N–H and O–H groups in total. The summed E-state index contributed by atoms with van der Waals surface area (Å²) >= 11 is 0. The van der Waals surface area contributed by atoms with Crippen LogP contribution in [0.25, 0.3) is 0 Å². The van der Waals surface area contributed by atoms with E-state index in [4.69, 9.17) is 14.2 Å². The average molecular weight is 1100 g/mol. The lowest BCUT2D eigenvalue weighted by atomic mass is 10.0.